The van der Waals surface area contributed by atoms with Crippen LogP contribution in [0.25, 0.3) is 0 Å². The highest BCUT2D eigenvalue weighted by molar-refractivity contribution is 5.89. The minimum absolute atomic E-state index is 0.00975. The zero-order valence-electron chi connectivity index (χ0n) is 30.0. The van der Waals surface area contributed by atoms with Gasteiger partial charge in [0.1, 0.15) is 48.8 Å². The number of rotatable bonds is 10. The lowest BCUT2D eigenvalue weighted by atomic mass is 9.77. The number of carbonyl (C=O) groups is 2. The first-order chi connectivity index (χ1) is 25.7. The average Bonchev–Trinajstić information content (AvgIpc) is 3.47. The normalized spacial score (nSPS) is 47.6. The third-order valence-corrected chi connectivity index (χ3v) is 11.4. The van der Waals surface area contributed by atoms with E-state index in [1.807, 2.05) is 0 Å². The molecular weight excluding hydrogens is 728 g/mol. The van der Waals surface area contributed by atoms with Gasteiger partial charge in [-0.05, 0) is 19.3 Å². The van der Waals surface area contributed by atoms with Crippen molar-refractivity contribution in [2.45, 2.75) is 119 Å². The summed E-state index contributed by atoms with van der Waals surface area (Å²) < 4.78 is 56.7. The molecule has 0 radical (unpaired) electrons. The SMILES string of the molecule is COC(=O)C1=CO[C@@H](O[C@@H]2O[C@H](CO)[C@@H](O)[C@H](O)[C@H]2O)[C@@H]2[C@H](C)O[C@@H](OC[C@H]3O[C@@H](O[C@@H]4OC=C(C(=O)OC)[C@H]5C[C@H](O)[C@H](C)[C@H]45)[C@H](O)[C@@H](O)[C@@H]3O)C[C@H]12. The van der Waals surface area contributed by atoms with Crippen molar-refractivity contribution in [3.05, 3.63) is 23.7 Å². The first-order valence-corrected chi connectivity index (χ1v) is 17.8. The van der Waals surface area contributed by atoms with Gasteiger partial charge in [-0.15, -0.1) is 0 Å². The first-order valence-electron chi connectivity index (χ1n) is 17.8. The van der Waals surface area contributed by atoms with Crippen LogP contribution in [-0.4, -0.2) is 173 Å². The quantitative estimate of drug-likeness (QED) is 0.0997. The molecule has 0 spiro atoms. The number of hydrogen-bond donors (Lipinski definition) is 8. The molecule has 20 nitrogen and oxygen atoms in total. The van der Waals surface area contributed by atoms with Crippen LogP contribution in [0.2, 0.25) is 0 Å². The Morgan fingerprint density at radius 2 is 1.17 bits per heavy atom. The first kappa shape index (κ1) is 41.1. The van der Waals surface area contributed by atoms with Gasteiger partial charge in [0.15, 0.2) is 18.9 Å². The highest BCUT2D eigenvalue weighted by Crippen LogP contribution is 2.48. The van der Waals surface area contributed by atoms with Crippen LogP contribution >= 0.6 is 0 Å². The predicted molar refractivity (Wildman–Crippen MR) is 171 cm³/mol. The van der Waals surface area contributed by atoms with Crippen molar-refractivity contribution in [3.8, 4) is 0 Å². The Morgan fingerprint density at radius 3 is 1.70 bits per heavy atom. The molecule has 0 unspecified atom stereocenters. The maximum atomic E-state index is 12.8. The number of carbonyl (C=O) groups excluding carboxylic acids is 2. The van der Waals surface area contributed by atoms with Crippen molar-refractivity contribution >= 4 is 11.9 Å². The van der Waals surface area contributed by atoms with Crippen LogP contribution in [0.4, 0.5) is 0 Å². The van der Waals surface area contributed by atoms with Gasteiger partial charge in [0.2, 0.25) is 12.6 Å². The highest BCUT2D eigenvalue weighted by Gasteiger charge is 2.55. The Morgan fingerprint density at radius 1 is 0.667 bits per heavy atom. The van der Waals surface area contributed by atoms with Gasteiger partial charge in [0, 0.05) is 24.2 Å². The van der Waals surface area contributed by atoms with Gasteiger partial charge in [-0.1, -0.05) is 6.92 Å². The lowest BCUT2D eigenvalue weighted by molar-refractivity contribution is -0.359. The molecule has 4 fully saturated rings. The van der Waals surface area contributed by atoms with Crippen molar-refractivity contribution in [1.29, 1.82) is 0 Å². The van der Waals surface area contributed by atoms with Gasteiger partial charge >= 0.3 is 11.9 Å². The molecule has 1 aliphatic carbocycles. The molecule has 6 aliphatic rings. The smallest absolute Gasteiger partial charge is 0.337 e. The number of methoxy groups -OCH3 is 2. The fourth-order valence-electron chi connectivity index (χ4n) is 8.29. The molecule has 0 aromatic heterocycles. The van der Waals surface area contributed by atoms with E-state index in [0.717, 1.165) is 6.26 Å². The van der Waals surface area contributed by atoms with Gasteiger partial charge in [0.05, 0.1) is 69.2 Å². The summed E-state index contributed by atoms with van der Waals surface area (Å²) in [7, 11) is 2.42. The molecule has 20 atom stereocenters. The summed E-state index contributed by atoms with van der Waals surface area (Å²) in [6.45, 7) is 2.34. The molecule has 5 heterocycles. The topological polar surface area (TPSA) is 288 Å². The Balaban J connectivity index is 1.13. The summed E-state index contributed by atoms with van der Waals surface area (Å²) in [5.74, 6) is -4.20. The van der Waals surface area contributed by atoms with E-state index in [1.165, 1.54) is 20.5 Å². The van der Waals surface area contributed by atoms with E-state index in [9.17, 15) is 50.4 Å². The Hall–Kier alpha value is -2.54. The Bertz CT molecular complexity index is 1390. The van der Waals surface area contributed by atoms with E-state index in [0.29, 0.717) is 0 Å². The zero-order chi connectivity index (χ0) is 39.2. The molecule has 0 aromatic carbocycles. The second-order valence-electron chi connectivity index (χ2n) is 14.5. The van der Waals surface area contributed by atoms with E-state index < -0.39 is 147 Å². The van der Waals surface area contributed by atoms with Crippen LogP contribution in [0.3, 0.4) is 0 Å². The molecule has 1 saturated carbocycles. The van der Waals surface area contributed by atoms with E-state index in [4.69, 9.17) is 47.4 Å². The lowest BCUT2D eigenvalue weighted by Crippen LogP contribution is -2.61. The van der Waals surface area contributed by atoms with Crippen molar-refractivity contribution < 1.29 is 97.8 Å². The lowest BCUT2D eigenvalue weighted by Gasteiger charge is -2.48. The van der Waals surface area contributed by atoms with Crippen LogP contribution in [0.1, 0.15) is 26.7 Å². The molecule has 0 aromatic rings. The van der Waals surface area contributed by atoms with Gasteiger partial charge in [-0.25, -0.2) is 9.59 Å². The Kier molecular flexibility index (Phi) is 12.9. The average molecular weight is 779 g/mol. The molecule has 306 valence electrons. The molecule has 3 saturated heterocycles. The van der Waals surface area contributed by atoms with Gasteiger partial charge in [-0.3, -0.25) is 0 Å². The van der Waals surface area contributed by atoms with Crippen LogP contribution in [0, 0.1) is 29.6 Å². The fourth-order valence-corrected chi connectivity index (χ4v) is 8.29. The third kappa shape index (κ3) is 7.75. The van der Waals surface area contributed by atoms with E-state index in [2.05, 4.69) is 0 Å². The number of aliphatic hydroxyl groups excluding tert-OH is 8. The van der Waals surface area contributed by atoms with E-state index in [-0.39, 0.29) is 24.0 Å². The largest absolute Gasteiger partial charge is 0.472 e. The van der Waals surface area contributed by atoms with Crippen molar-refractivity contribution in [2.24, 2.45) is 29.6 Å². The fraction of sp³-hybridized carbons (Fsp3) is 0.824. The monoisotopic (exact) mass is 778 g/mol. The maximum absolute atomic E-state index is 12.8. The Labute approximate surface area is 309 Å². The molecule has 54 heavy (non-hydrogen) atoms. The standard InChI is InChI=1S/C34H50O20/c1-11-17(36)5-13-15(29(43)45-3)8-48-31(21(11)13)53-34-28(42)26(40)24(38)19(52-34)10-47-20-6-14-16(30(44)46-4)9-49-32(22(14)12(2)50-20)54-33-27(41)25(39)23(37)18(7-35)51-33/h8-9,11-14,17-28,31-42H,5-7,10H2,1-4H3/t11-,12-,13+,14+,17-,18+,19+,20+,21-,22+,23+,24+,25-,26-,27+,28+,31-,32-,33-,34-/m0/s1. The number of esters is 2. The van der Waals surface area contributed by atoms with Crippen LogP contribution in [0.15, 0.2) is 23.7 Å². The van der Waals surface area contributed by atoms with Gasteiger partial charge < -0.3 is 88.2 Å². The molecular formula is C34H50O20. The number of aliphatic hydroxyl groups is 8. The van der Waals surface area contributed by atoms with E-state index in [1.54, 1.807) is 13.8 Å². The number of ether oxygens (including phenoxy) is 10. The summed E-state index contributed by atoms with van der Waals surface area (Å²) in [4.78, 5) is 25.2. The predicted octanol–water partition coefficient (Wildman–Crippen LogP) is -3.53. The minimum atomic E-state index is -1.75. The molecule has 8 N–H and O–H groups in total. The number of hydrogen-bond acceptors (Lipinski definition) is 20. The molecule has 0 bridgehead atoms. The summed E-state index contributed by atoms with van der Waals surface area (Å²) in [6, 6.07) is 0. The number of fused-ring (bicyclic) bond motifs is 2. The molecule has 0 amide bonds. The molecule has 6 rings (SSSR count). The summed E-state index contributed by atoms with van der Waals surface area (Å²) in [5.41, 5.74) is 0.338. The van der Waals surface area contributed by atoms with Gasteiger partial charge in [-0.2, -0.15) is 0 Å². The van der Waals surface area contributed by atoms with Crippen molar-refractivity contribution in [2.75, 3.05) is 27.4 Å². The third-order valence-electron chi connectivity index (χ3n) is 11.4. The molecule has 20 heteroatoms. The summed E-state index contributed by atoms with van der Waals surface area (Å²) in [6.07, 6.45) is -18.1. The minimum Gasteiger partial charge on any atom is -0.472 e. The highest BCUT2D eigenvalue weighted by atomic mass is 16.8. The van der Waals surface area contributed by atoms with Crippen molar-refractivity contribution in [3.63, 3.8) is 0 Å². The van der Waals surface area contributed by atoms with Crippen LogP contribution < -0.4 is 0 Å². The summed E-state index contributed by atoms with van der Waals surface area (Å²) >= 11 is 0. The second kappa shape index (κ2) is 16.9. The van der Waals surface area contributed by atoms with Crippen LogP contribution in [-0.2, 0) is 57.0 Å². The second-order valence-corrected chi connectivity index (χ2v) is 14.5. The van der Waals surface area contributed by atoms with Crippen molar-refractivity contribution in [1.82, 2.24) is 0 Å². The van der Waals surface area contributed by atoms with E-state index >= 15 is 0 Å². The van der Waals surface area contributed by atoms with Crippen LogP contribution in [0.5, 0.6) is 0 Å². The molecule has 5 aliphatic heterocycles. The van der Waals surface area contributed by atoms with Gasteiger partial charge in [0.25, 0.3) is 0 Å². The zero-order valence-corrected chi connectivity index (χ0v) is 30.0. The summed E-state index contributed by atoms with van der Waals surface area (Å²) in [5, 5.41) is 83.6. The maximum Gasteiger partial charge on any atom is 0.337 e.